The number of aryl methyl sites for hydroxylation is 1. The van der Waals surface area contributed by atoms with Crippen LogP contribution in [-0.2, 0) is 10.0 Å². The highest BCUT2D eigenvalue weighted by Gasteiger charge is 2.35. The molecule has 0 bridgehead atoms. The Morgan fingerprint density at radius 1 is 1.03 bits per heavy atom. The molecule has 0 unspecified atom stereocenters. The zero-order valence-corrected chi connectivity index (χ0v) is 21.0. The Hall–Kier alpha value is -3.64. The average molecular weight is 509 g/mol. The monoisotopic (exact) mass is 508 g/mol. The lowest BCUT2D eigenvalue weighted by molar-refractivity contribution is 0.312. The Labute approximate surface area is 209 Å². The molecule has 2 aliphatic rings. The van der Waals surface area contributed by atoms with Crippen LogP contribution in [0.5, 0.6) is 0 Å². The van der Waals surface area contributed by atoms with E-state index in [1.807, 2.05) is 25.1 Å². The van der Waals surface area contributed by atoms with Gasteiger partial charge >= 0.3 is 0 Å². The molecule has 3 N–H and O–H groups in total. The normalized spacial score (nSPS) is 17.0. The van der Waals surface area contributed by atoms with Crippen LogP contribution in [0.4, 0.5) is 23.1 Å². The summed E-state index contributed by atoms with van der Waals surface area (Å²) < 4.78 is 33.5. The van der Waals surface area contributed by atoms with Gasteiger partial charge in [0.2, 0.25) is 10.0 Å². The van der Waals surface area contributed by atoms with Crippen molar-refractivity contribution in [1.82, 2.24) is 25.1 Å². The van der Waals surface area contributed by atoms with Crippen molar-refractivity contribution in [3.8, 4) is 11.6 Å². The Morgan fingerprint density at radius 3 is 2.56 bits per heavy atom. The maximum absolute atomic E-state index is 12.3. The minimum absolute atomic E-state index is 0.289. The second-order valence-corrected chi connectivity index (χ2v) is 11.5. The summed E-state index contributed by atoms with van der Waals surface area (Å²) in [6, 6.07) is 10.9. The number of aromatic nitrogens is 4. The Bertz CT molecular complexity index is 1520. The van der Waals surface area contributed by atoms with Crippen LogP contribution in [0, 0.1) is 6.92 Å². The molecule has 1 aliphatic carbocycles. The van der Waals surface area contributed by atoms with E-state index in [9.17, 15) is 8.42 Å². The van der Waals surface area contributed by atoms with Crippen molar-refractivity contribution in [1.29, 1.82) is 0 Å². The fourth-order valence-corrected chi connectivity index (χ4v) is 5.64. The van der Waals surface area contributed by atoms with Crippen molar-refractivity contribution < 1.29 is 12.8 Å². The number of hydrogen-bond acceptors (Lipinski definition) is 9. The maximum Gasteiger partial charge on any atom is 0.235 e. The summed E-state index contributed by atoms with van der Waals surface area (Å²) in [7, 11) is -1.23. The molecule has 1 aliphatic heterocycles. The van der Waals surface area contributed by atoms with E-state index in [1.165, 1.54) is 0 Å². The van der Waals surface area contributed by atoms with Gasteiger partial charge in [-0.3, -0.25) is 9.82 Å². The van der Waals surface area contributed by atoms with Crippen LogP contribution in [0.15, 0.2) is 40.8 Å². The number of sulfonamides is 1. The van der Waals surface area contributed by atoms with E-state index in [-0.39, 0.29) is 5.25 Å². The third-order valence-electron chi connectivity index (χ3n) is 6.46. The van der Waals surface area contributed by atoms with E-state index < -0.39 is 10.0 Å². The number of fused-ring (bicyclic) bond motifs is 1. The number of H-pyrrole nitrogens is 1. The topological polar surface area (TPSA) is 132 Å². The summed E-state index contributed by atoms with van der Waals surface area (Å²) >= 11 is 0. The lowest BCUT2D eigenvalue weighted by Crippen LogP contribution is -2.44. The van der Waals surface area contributed by atoms with Gasteiger partial charge in [-0.2, -0.15) is 5.10 Å². The fraction of sp³-hybridized carbons (Fsp3) is 0.375. The van der Waals surface area contributed by atoms with Crippen molar-refractivity contribution in [2.75, 3.05) is 48.2 Å². The molecule has 1 aromatic carbocycles. The summed E-state index contributed by atoms with van der Waals surface area (Å²) in [5.74, 6) is 3.03. The van der Waals surface area contributed by atoms with E-state index in [2.05, 4.69) is 37.1 Å². The molecule has 1 saturated carbocycles. The highest BCUT2D eigenvalue weighted by atomic mass is 32.2. The van der Waals surface area contributed by atoms with Gasteiger partial charge in [-0.05, 0) is 51.1 Å². The minimum Gasteiger partial charge on any atom is -0.453 e. The molecule has 36 heavy (non-hydrogen) atoms. The maximum atomic E-state index is 12.3. The predicted octanol–water partition coefficient (Wildman–Crippen LogP) is 3.32. The molecule has 11 nitrogen and oxygen atoms in total. The van der Waals surface area contributed by atoms with Gasteiger partial charge in [0, 0.05) is 55.1 Å². The standard InChI is InChI=1S/C24H28N8O3S/c1-15-11-22(29-28-15)25-21-14-23(32-9-7-31(2)8-10-32)27-24(26-21)20-13-16-12-17(3-6-19(16)35-20)30-36(33,34)18-4-5-18/h3,6,11-14,18,30H,4-5,7-10H2,1-2H3,(H2,25,26,27,28,29). The van der Waals surface area contributed by atoms with E-state index >= 15 is 0 Å². The van der Waals surface area contributed by atoms with Crippen LogP contribution in [0.1, 0.15) is 18.5 Å². The van der Waals surface area contributed by atoms with E-state index in [4.69, 9.17) is 14.4 Å². The van der Waals surface area contributed by atoms with Crippen LogP contribution in [-0.4, -0.2) is 72.0 Å². The molecule has 0 radical (unpaired) electrons. The van der Waals surface area contributed by atoms with E-state index in [0.29, 0.717) is 47.3 Å². The first kappa shape index (κ1) is 22.8. The molecule has 0 spiro atoms. The molecule has 188 valence electrons. The number of piperazine rings is 1. The fourth-order valence-electron chi connectivity index (χ4n) is 4.26. The van der Waals surface area contributed by atoms with Crippen molar-refractivity contribution in [2.24, 2.45) is 0 Å². The first-order chi connectivity index (χ1) is 17.3. The van der Waals surface area contributed by atoms with Crippen molar-refractivity contribution in [3.05, 3.63) is 42.1 Å². The van der Waals surface area contributed by atoms with Gasteiger partial charge in [-0.1, -0.05) is 0 Å². The van der Waals surface area contributed by atoms with Gasteiger partial charge in [0.15, 0.2) is 17.4 Å². The highest BCUT2D eigenvalue weighted by molar-refractivity contribution is 7.93. The zero-order valence-electron chi connectivity index (χ0n) is 20.2. The smallest absolute Gasteiger partial charge is 0.235 e. The van der Waals surface area contributed by atoms with Gasteiger partial charge in [-0.15, -0.1) is 0 Å². The number of nitrogens with one attached hydrogen (secondary N) is 3. The van der Waals surface area contributed by atoms with E-state index in [0.717, 1.165) is 43.1 Å². The molecule has 4 heterocycles. The summed E-state index contributed by atoms with van der Waals surface area (Å²) in [5, 5.41) is 10.9. The Balaban J connectivity index is 1.34. The second-order valence-electron chi connectivity index (χ2n) is 9.50. The number of aromatic amines is 1. The van der Waals surface area contributed by atoms with Gasteiger partial charge in [-0.25, -0.2) is 18.4 Å². The number of benzene rings is 1. The third kappa shape index (κ3) is 4.73. The van der Waals surface area contributed by atoms with Crippen molar-refractivity contribution >= 4 is 44.1 Å². The van der Waals surface area contributed by atoms with Gasteiger partial charge < -0.3 is 19.5 Å². The van der Waals surface area contributed by atoms with Crippen molar-refractivity contribution in [2.45, 2.75) is 25.0 Å². The molecule has 1 saturated heterocycles. The second kappa shape index (κ2) is 8.79. The Kier molecular flexibility index (Phi) is 5.56. The molecule has 2 fully saturated rings. The van der Waals surface area contributed by atoms with Crippen LogP contribution >= 0.6 is 0 Å². The van der Waals surface area contributed by atoms with E-state index in [1.54, 1.807) is 18.2 Å². The highest BCUT2D eigenvalue weighted by Crippen LogP contribution is 2.33. The molecule has 6 rings (SSSR count). The van der Waals surface area contributed by atoms with Crippen LogP contribution < -0.4 is 14.9 Å². The molecule has 3 aromatic heterocycles. The first-order valence-corrected chi connectivity index (χ1v) is 13.5. The SMILES string of the molecule is Cc1cc(Nc2cc(N3CCN(C)CC3)nc(-c3cc4cc(NS(=O)(=O)C5CC5)ccc4o3)n2)n[nH]1. The molecular formula is C24H28N8O3S. The summed E-state index contributed by atoms with van der Waals surface area (Å²) in [4.78, 5) is 14.1. The summed E-state index contributed by atoms with van der Waals surface area (Å²) in [6.07, 6.45) is 1.42. The Morgan fingerprint density at radius 2 is 1.83 bits per heavy atom. The number of nitrogens with zero attached hydrogens (tertiary/aromatic N) is 5. The van der Waals surface area contributed by atoms with Gasteiger partial charge in [0.1, 0.15) is 17.2 Å². The molecule has 12 heteroatoms. The lowest BCUT2D eigenvalue weighted by Gasteiger charge is -2.33. The number of rotatable bonds is 7. The number of furan rings is 1. The van der Waals surface area contributed by atoms with Crippen LogP contribution in [0.3, 0.4) is 0 Å². The first-order valence-electron chi connectivity index (χ1n) is 12.0. The number of likely N-dealkylation sites (N-methyl/N-ethyl adjacent to an activating group) is 1. The molecular weight excluding hydrogens is 480 g/mol. The van der Waals surface area contributed by atoms with Crippen molar-refractivity contribution in [3.63, 3.8) is 0 Å². The molecule has 0 atom stereocenters. The lowest BCUT2D eigenvalue weighted by atomic mass is 10.2. The summed E-state index contributed by atoms with van der Waals surface area (Å²) in [6.45, 7) is 5.55. The third-order valence-corrected chi connectivity index (χ3v) is 8.33. The average Bonchev–Trinajstić information content (AvgIpc) is 3.52. The van der Waals surface area contributed by atoms with Gasteiger partial charge in [0.05, 0.1) is 5.25 Å². The number of anilines is 4. The van der Waals surface area contributed by atoms with Gasteiger partial charge in [0.25, 0.3) is 0 Å². The largest absolute Gasteiger partial charge is 0.453 e. The zero-order chi connectivity index (χ0) is 24.9. The van der Waals surface area contributed by atoms with Crippen LogP contribution in [0.25, 0.3) is 22.6 Å². The minimum atomic E-state index is -3.34. The molecule has 4 aromatic rings. The quantitative estimate of drug-likeness (QED) is 0.344. The summed E-state index contributed by atoms with van der Waals surface area (Å²) in [5.41, 5.74) is 2.09. The predicted molar refractivity (Wildman–Crippen MR) is 139 cm³/mol. The number of hydrogen-bond donors (Lipinski definition) is 3. The van der Waals surface area contributed by atoms with Crippen LogP contribution in [0.2, 0.25) is 0 Å². The molecule has 0 amide bonds.